The van der Waals surface area contributed by atoms with E-state index < -0.39 is 12.1 Å². The molecule has 6 heteroatoms. The third-order valence-corrected chi connectivity index (χ3v) is 3.57. The highest BCUT2D eigenvalue weighted by Crippen LogP contribution is 2.18. The Bertz CT molecular complexity index is 679. The molecule has 0 aliphatic rings. The second kappa shape index (κ2) is 8.88. The van der Waals surface area contributed by atoms with Crippen LogP contribution in [-0.4, -0.2) is 31.3 Å². The number of hydrogen-bond donors (Lipinski definition) is 3. The molecule has 0 bridgehead atoms. The molecule has 0 aromatic heterocycles. The molecule has 0 radical (unpaired) electrons. The molecule has 0 spiro atoms. The first kappa shape index (κ1) is 17.7. The molecule has 5 nitrogen and oxygen atoms in total. The van der Waals surface area contributed by atoms with E-state index in [0.29, 0.717) is 29.8 Å². The minimum absolute atomic E-state index is 0.0682. The van der Waals surface area contributed by atoms with E-state index in [0.717, 1.165) is 0 Å². The number of aliphatic hydroxyl groups is 1. The van der Waals surface area contributed by atoms with Gasteiger partial charge in [0, 0.05) is 13.1 Å². The lowest BCUT2D eigenvalue weighted by Crippen LogP contribution is -2.38. The summed E-state index contributed by atoms with van der Waals surface area (Å²) in [5.74, 6) is 0.356. The standard InChI is InChI=1S/C18H21FN2O3/c1-24-15-7-4-6-14(11-15)17(22)12-21-18(23)20-10-9-13-5-2-3-8-16(13)19/h2-8,11,17,22H,9-10,12H2,1H3,(H2,20,21,23). The zero-order valence-electron chi connectivity index (χ0n) is 13.5. The molecule has 1 unspecified atom stereocenters. The highest BCUT2D eigenvalue weighted by atomic mass is 19.1. The zero-order valence-corrected chi connectivity index (χ0v) is 13.5. The van der Waals surface area contributed by atoms with Crippen molar-refractivity contribution in [1.29, 1.82) is 0 Å². The summed E-state index contributed by atoms with van der Waals surface area (Å²) < 4.78 is 18.5. The van der Waals surface area contributed by atoms with Crippen LogP contribution in [0.3, 0.4) is 0 Å². The third-order valence-electron chi connectivity index (χ3n) is 3.57. The zero-order chi connectivity index (χ0) is 17.4. The lowest BCUT2D eigenvalue weighted by Gasteiger charge is -2.14. The van der Waals surface area contributed by atoms with E-state index in [4.69, 9.17) is 4.74 Å². The summed E-state index contributed by atoms with van der Waals surface area (Å²) in [6.07, 6.45) is -0.434. The van der Waals surface area contributed by atoms with Gasteiger partial charge in [-0.05, 0) is 35.7 Å². The lowest BCUT2D eigenvalue weighted by molar-refractivity contribution is 0.173. The Labute approximate surface area is 140 Å². The molecule has 0 saturated carbocycles. The van der Waals surface area contributed by atoms with Gasteiger partial charge in [-0.25, -0.2) is 9.18 Å². The van der Waals surface area contributed by atoms with Gasteiger partial charge < -0.3 is 20.5 Å². The molecule has 0 heterocycles. The molecule has 2 aromatic carbocycles. The van der Waals surface area contributed by atoms with E-state index in [2.05, 4.69) is 10.6 Å². The first-order valence-corrected chi connectivity index (χ1v) is 7.67. The van der Waals surface area contributed by atoms with Crippen LogP contribution in [0.15, 0.2) is 48.5 Å². The van der Waals surface area contributed by atoms with Gasteiger partial charge in [0.25, 0.3) is 0 Å². The maximum atomic E-state index is 13.4. The number of carbonyl (C=O) groups is 1. The van der Waals surface area contributed by atoms with E-state index in [1.54, 1.807) is 49.6 Å². The lowest BCUT2D eigenvalue weighted by atomic mass is 10.1. The van der Waals surface area contributed by atoms with Crippen molar-refractivity contribution in [2.24, 2.45) is 0 Å². The van der Waals surface area contributed by atoms with Crippen LogP contribution in [0.5, 0.6) is 5.75 Å². The second-order valence-electron chi connectivity index (χ2n) is 5.27. The number of rotatable bonds is 7. The van der Waals surface area contributed by atoms with Crippen LogP contribution in [0.1, 0.15) is 17.2 Å². The number of benzene rings is 2. The molecular formula is C18H21FN2O3. The van der Waals surface area contributed by atoms with Crippen LogP contribution in [0.25, 0.3) is 0 Å². The Morgan fingerprint density at radius 2 is 2.00 bits per heavy atom. The highest BCUT2D eigenvalue weighted by molar-refractivity contribution is 5.73. The van der Waals surface area contributed by atoms with Gasteiger partial charge in [0.05, 0.1) is 13.2 Å². The van der Waals surface area contributed by atoms with Crippen molar-refractivity contribution in [2.45, 2.75) is 12.5 Å². The van der Waals surface area contributed by atoms with Gasteiger partial charge in [-0.2, -0.15) is 0 Å². The second-order valence-corrected chi connectivity index (χ2v) is 5.27. The molecule has 2 aromatic rings. The van der Waals surface area contributed by atoms with Crippen LogP contribution in [0, 0.1) is 5.82 Å². The van der Waals surface area contributed by atoms with Gasteiger partial charge in [0.2, 0.25) is 0 Å². The minimum Gasteiger partial charge on any atom is -0.497 e. The van der Waals surface area contributed by atoms with E-state index >= 15 is 0 Å². The molecular weight excluding hydrogens is 311 g/mol. The average Bonchev–Trinajstić information content (AvgIpc) is 2.61. The van der Waals surface area contributed by atoms with Gasteiger partial charge in [-0.15, -0.1) is 0 Å². The molecule has 0 aliphatic carbocycles. The SMILES string of the molecule is COc1cccc(C(O)CNC(=O)NCCc2ccccc2F)c1. The fourth-order valence-corrected chi connectivity index (χ4v) is 2.23. The molecule has 3 N–H and O–H groups in total. The van der Waals surface area contributed by atoms with E-state index in [1.165, 1.54) is 6.07 Å². The monoisotopic (exact) mass is 332 g/mol. The number of nitrogens with one attached hydrogen (secondary N) is 2. The number of aliphatic hydroxyl groups excluding tert-OH is 1. The van der Waals surface area contributed by atoms with Crippen LogP contribution in [-0.2, 0) is 6.42 Å². The normalized spacial score (nSPS) is 11.6. The smallest absolute Gasteiger partial charge is 0.314 e. The summed E-state index contributed by atoms with van der Waals surface area (Å²) in [5, 5.41) is 15.3. The largest absolute Gasteiger partial charge is 0.497 e. The van der Waals surface area contributed by atoms with Gasteiger partial charge in [-0.1, -0.05) is 30.3 Å². The summed E-state index contributed by atoms with van der Waals surface area (Å²) in [4.78, 5) is 11.7. The predicted octanol–water partition coefficient (Wildman–Crippen LogP) is 2.41. The summed E-state index contributed by atoms with van der Waals surface area (Å²) in [6, 6.07) is 13.1. The number of hydrogen-bond acceptors (Lipinski definition) is 3. The number of amides is 2. The molecule has 24 heavy (non-hydrogen) atoms. The Morgan fingerprint density at radius 1 is 1.21 bits per heavy atom. The molecule has 0 aliphatic heterocycles. The average molecular weight is 332 g/mol. The molecule has 128 valence electrons. The fraction of sp³-hybridized carbons (Fsp3) is 0.278. The molecule has 0 saturated heterocycles. The fourth-order valence-electron chi connectivity index (χ4n) is 2.23. The van der Waals surface area contributed by atoms with Crippen molar-refractivity contribution >= 4 is 6.03 Å². The van der Waals surface area contributed by atoms with Gasteiger partial charge in [0.1, 0.15) is 11.6 Å². The summed E-state index contributed by atoms with van der Waals surface area (Å²) in [6.45, 7) is 0.376. The summed E-state index contributed by atoms with van der Waals surface area (Å²) >= 11 is 0. The van der Waals surface area contributed by atoms with Gasteiger partial charge in [-0.3, -0.25) is 0 Å². The third kappa shape index (κ3) is 5.24. The van der Waals surface area contributed by atoms with Crippen LogP contribution in [0.2, 0.25) is 0 Å². The van der Waals surface area contributed by atoms with Crippen molar-refractivity contribution in [3.8, 4) is 5.75 Å². The molecule has 2 amide bonds. The van der Waals surface area contributed by atoms with Crippen molar-refractivity contribution in [1.82, 2.24) is 10.6 Å². The number of carbonyl (C=O) groups excluding carboxylic acids is 1. The first-order chi connectivity index (χ1) is 11.6. The quantitative estimate of drug-likeness (QED) is 0.729. The molecule has 1 atom stereocenters. The van der Waals surface area contributed by atoms with Crippen molar-refractivity contribution in [2.75, 3.05) is 20.2 Å². The Hall–Kier alpha value is -2.60. The van der Waals surface area contributed by atoms with Crippen molar-refractivity contribution in [3.63, 3.8) is 0 Å². The van der Waals surface area contributed by atoms with Gasteiger partial charge >= 0.3 is 6.03 Å². The van der Waals surface area contributed by atoms with E-state index in [1.807, 2.05) is 0 Å². The molecule has 2 rings (SSSR count). The molecule has 0 fully saturated rings. The predicted molar refractivity (Wildman–Crippen MR) is 89.5 cm³/mol. The van der Waals surface area contributed by atoms with Crippen molar-refractivity contribution in [3.05, 3.63) is 65.5 Å². The van der Waals surface area contributed by atoms with Crippen LogP contribution in [0.4, 0.5) is 9.18 Å². The Morgan fingerprint density at radius 3 is 2.75 bits per heavy atom. The topological polar surface area (TPSA) is 70.6 Å². The maximum Gasteiger partial charge on any atom is 0.314 e. The van der Waals surface area contributed by atoms with Crippen molar-refractivity contribution < 1.29 is 19.0 Å². The highest BCUT2D eigenvalue weighted by Gasteiger charge is 2.10. The van der Waals surface area contributed by atoms with Crippen LogP contribution < -0.4 is 15.4 Å². The minimum atomic E-state index is -0.836. The summed E-state index contributed by atoms with van der Waals surface area (Å²) in [7, 11) is 1.55. The van der Waals surface area contributed by atoms with E-state index in [-0.39, 0.29) is 12.4 Å². The Kier molecular flexibility index (Phi) is 6.57. The van der Waals surface area contributed by atoms with Gasteiger partial charge in [0.15, 0.2) is 0 Å². The number of halogens is 1. The summed E-state index contributed by atoms with van der Waals surface area (Å²) in [5.41, 5.74) is 1.20. The number of ether oxygens (including phenoxy) is 1. The Balaban J connectivity index is 1.73. The number of methoxy groups -OCH3 is 1. The van der Waals surface area contributed by atoms with Crippen LogP contribution >= 0.6 is 0 Å². The maximum absolute atomic E-state index is 13.4. The first-order valence-electron chi connectivity index (χ1n) is 7.67. The number of urea groups is 1. The van der Waals surface area contributed by atoms with E-state index in [9.17, 15) is 14.3 Å².